The van der Waals surface area contributed by atoms with Crippen LogP contribution in [0.3, 0.4) is 0 Å². The van der Waals surface area contributed by atoms with Gasteiger partial charge in [0.2, 0.25) is 5.82 Å². The molecule has 4 rings (SSSR count). The Morgan fingerprint density at radius 3 is 2.78 bits per heavy atom. The Kier molecular flexibility index (Phi) is 4.53. The van der Waals surface area contributed by atoms with Crippen molar-refractivity contribution in [2.75, 3.05) is 18.0 Å². The molecular formula is C19H17FN4O3. The summed E-state index contributed by atoms with van der Waals surface area (Å²) >= 11 is 0. The third-order valence-electron chi connectivity index (χ3n) is 4.67. The number of rotatable bonds is 4. The van der Waals surface area contributed by atoms with Gasteiger partial charge in [0.05, 0.1) is 11.5 Å². The maximum Gasteiger partial charge on any atom is 0.306 e. The fourth-order valence-corrected chi connectivity index (χ4v) is 3.23. The zero-order valence-corrected chi connectivity index (χ0v) is 14.4. The smallest absolute Gasteiger partial charge is 0.306 e. The molecule has 0 unspecified atom stereocenters. The number of halogens is 1. The van der Waals surface area contributed by atoms with Crippen LogP contribution < -0.4 is 4.90 Å². The molecule has 27 heavy (non-hydrogen) atoms. The molecule has 0 aliphatic carbocycles. The molecule has 1 saturated heterocycles. The average molecular weight is 368 g/mol. The number of hydrogen-bond donors (Lipinski definition) is 1. The minimum atomic E-state index is -0.757. The molecule has 0 radical (unpaired) electrons. The molecule has 1 aliphatic heterocycles. The molecule has 1 N–H and O–H groups in total. The quantitative estimate of drug-likeness (QED) is 0.756. The topological polar surface area (TPSA) is 92.3 Å². The van der Waals surface area contributed by atoms with Crippen LogP contribution in [0.25, 0.3) is 22.8 Å². The van der Waals surface area contributed by atoms with Gasteiger partial charge in [-0.25, -0.2) is 9.37 Å². The van der Waals surface area contributed by atoms with Crippen LogP contribution in [0.5, 0.6) is 0 Å². The van der Waals surface area contributed by atoms with E-state index in [4.69, 9.17) is 9.63 Å². The van der Waals surface area contributed by atoms with Crippen molar-refractivity contribution in [3.8, 4) is 22.8 Å². The van der Waals surface area contributed by atoms with E-state index in [0.717, 1.165) is 0 Å². The lowest BCUT2D eigenvalue weighted by Gasteiger charge is -2.31. The van der Waals surface area contributed by atoms with Gasteiger partial charge in [-0.15, -0.1) is 0 Å². The number of piperidine rings is 1. The standard InChI is InChI=1S/C19H17FN4O3/c20-14-4-1-3-13(11-14)16-22-18(27-23-16)15-5-2-8-21-17(15)24-9-6-12(7-10-24)19(25)26/h1-5,8,11-12H,6-7,9-10H2,(H,25,26). The number of nitrogens with zero attached hydrogens (tertiary/aromatic N) is 4. The highest BCUT2D eigenvalue weighted by molar-refractivity contribution is 5.73. The van der Waals surface area contributed by atoms with Gasteiger partial charge in [0.15, 0.2) is 0 Å². The van der Waals surface area contributed by atoms with E-state index in [9.17, 15) is 9.18 Å². The number of aromatic nitrogens is 3. The van der Waals surface area contributed by atoms with Crippen molar-refractivity contribution >= 4 is 11.8 Å². The second-order valence-corrected chi connectivity index (χ2v) is 6.41. The van der Waals surface area contributed by atoms with Gasteiger partial charge >= 0.3 is 5.97 Å². The molecule has 7 nitrogen and oxygen atoms in total. The molecule has 8 heteroatoms. The zero-order chi connectivity index (χ0) is 18.8. The lowest BCUT2D eigenvalue weighted by atomic mass is 9.97. The first-order valence-electron chi connectivity index (χ1n) is 8.64. The van der Waals surface area contributed by atoms with Crippen molar-refractivity contribution in [2.45, 2.75) is 12.8 Å². The summed E-state index contributed by atoms with van der Waals surface area (Å²) in [6.45, 7) is 1.18. The number of carboxylic acids is 1. The van der Waals surface area contributed by atoms with E-state index in [-0.39, 0.29) is 17.6 Å². The van der Waals surface area contributed by atoms with Gasteiger partial charge in [-0.3, -0.25) is 4.79 Å². The summed E-state index contributed by atoms with van der Waals surface area (Å²) in [5.41, 5.74) is 1.19. The van der Waals surface area contributed by atoms with Gasteiger partial charge in [0, 0.05) is 24.8 Å². The number of benzene rings is 1. The molecule has 2 aromatic heterocycles. The van der Waals surface area contributed by atoms with Crippen LogP contribution >= 0.6 is 0 Å². The zero-order valence-electron chi connectivity index (χ0n) is 14.4. The van der Waals surface area contributed by atoms with Crippen LogP contribution in [-0.2, 0) is 4.79 Å². The number of carboxylic acid groups (broad SMARTS) is 1. The van der Waals surface area contributed by atoms with Gasteiger partial charge in [0.25, 0.3) is 5.89 Å². The molecule has 0 spiro atoms. The van der Waals surface area contributed by atoms with Crippen molar-refractivity contribution in [1.82, 2.24) is 15.1 Å². The maximum absolute atomic E-state index is 13.4. The molecule has 1 aliphatic rings. The molecule has 1 aromatic carbocycles. The lowest BCUT2D eigenvalue weighted by molar-refractivity contribution is -0.142. The van der Waals surface area contributed by atoms with Gasteiger partial charge in [0.1, 0.15) is 11.6 Å². The summed E-state index contributed by atoms with van der Waals surface area (Å²) < 4.78 is 18.8. The molecular weight excluding hydrogens is 351 g/mol. The van der Waals surface area contributed by atoms with E-state index in [0.29, 0.717) is 48.7 Å². The van der Waals surface area contributed by atoms with Gasteiger partial charge < -0.3 is 14.5 Å². The highest BCUT2D eigenvalue weighted by Gasteiger charge is 2.27. The first kappa shape index (κ1) is 17.1. The second-order valence-electron chi connectivity index (χ2n) is 6.41. The van der Waals surface area contributed by atoms with Crippen molar-refractivity contribution in [3.63, 3.8) is 0 Å². The summed E-state index contributed by atoms with van der Waals surface area (Å²) in [7, 11) is 0. The highest BCUT2D eigenvalue weighted by Crippen LogP contribution is 2.31. The summed E-state index contributed by atoms with van der Waals surface area (Å²) in [6, 6.07) is 9.59. The molecule has 0 saturated carbocycles. The summed E-state index contributed by atoms with van der Waals surface area (Å²) in [5.74, 6) is -0.191. The molecule has 3 heterocycles. The third kappa shape index (κ3) is 3.51. The Labute approximate surface area is 154 Å². The third-order valence-corrected chi connectivity index (χ3v) is 4.67. The lowest BCUT2D eigenvalue weighted by Crippen LogP contribution is -2.37. The number of anilines is 1. The molecule has 0 amide bonds. The van der Waals surface area contributed by atoms with Crippen LogP contribution in [0.15, 0.2) is 47.1 Å². The minimum absolute atomic E-state index is 0.290. The van der Waals surface area contributed by atoms with Crippen LogP contribution in [0.2, 0.25) is 0 Å². The number of carbonyl (C=O) groups is 1. The Morgan fingerprint density at radius 2 is 2.04 bits per heavy atom. The largest absolute Gasteiger partial charge is 0.481 e. The van der Waals surface area contributed by atoms with E-state index in [1.165, 1.54) is 12.1 Å². The molecule has 1 fully saturated rings. The summed E-state index contributed by atoms with van der Waals surface area (Å²) in [5, 5.41) is 13.1. The van der Waals surface area contributed by atoms with Crippen LogP contribution in [-0.4, -0.2) is 39.3 Å². The molecule has 0 bridgehead atoms. The summed E-state index contributed by atoms with van der Waals surface area (Å²) in [4.78, 5) is 22.0. The van der Waals surface area contributed by atoms with Crippen LogP contribution in [0.1, 0.15) is 12.8 Å². The number of hydrogen-bond acceptors (Lipinski definition) is 6. The van der Waals surface area contributed by atoms with E-state index in [2.05, 4.69) is 15.1 Å². The van der Waals surface area contributed by atoms with E-state index in [1.807, 2.05) is 11.0 Å². The molecule has 0 atom stereocenters. The van der Waals surface area contributed by atoms with E-state index in [1.54, 1.807) is 24.4 Å². The number of aliphatic carboxylic acids is 1. The van der Waals surface area contributed by atoms with Gasteiger partial charge in [-0.05, 0) is 37.1 Å². The fraction of sp³-hybridized carbons (Fsp3) is 0.263. The monoisotopic (exact) mass is 368 g/mol. The Balaban J connectivity index is 1.62. The first-order chi connectivity index (χ1) is 13.1. The predicted molar refractivity (Wildman–Crippen MR) is 95.5 cm³/mol. The van der Waals surface area contributed by atoms with Crippen molar-refractivity contribution < 1.29 is 18.8 Å². The van der Waals surface area contributed by atoms with E-state index >= 15 is 0 Å². The van der Waals surface area contributed by atoms with Gasteiger partial charge in [-0.1, -0.05) is 17.3 Å². The van der Waals surface area contributed by atoms with Crippen molar-refractivity contribution in [3.05, 3.63) is 48.4 Å². The Hall–Kier alpha value is -3.29. The van der Waals surface area contributed by atoms with Crippen LogP contribution in [0, 0.1) is 11.7 Å². The van der Waals surface area contributed by atoms with Crippen LogP contribution in [0.4, 0.5) is 10.2 Å². The predicted octanol–water partition coefficient (Wildman–Crippen LogP) is 3.24. The molecule has 138 valence electrons. The normalized spacial score (nSPS) is 15.1. The van der Waals surface area contributed by atoms with E-state index < -0.39 is 5.97 Å². The fourth-order valence-electron chi connectivity index (χ4n) is 3.23. The minimum Gasteiger partial charge on any atom is -0.481 e. The Bertz CT molecular complexity index is 967. The average Bonchev–Trinajstić information content (AvgIpc) is 3.18. The molecule has 3 aromatic rings. The second kappa shape index (κ2) is 7.14. The summed E-state index contributed by atoms with van der Waals surface area (Å²) in [6.07, 6.45) is 2.79. The van der Waals surface area contributed by atoms with Crippen molar-refractivity contribution in [1.29, 1.82) is 0 Å². The SMILES string of the molecule is O=C(O)C1CCN(c2ncccc2-c2nc(-c3cccc(F)c3)no2)CC1. The van der Waals surface area contributed by atoms with Crippen molar-refractivity contribution in [2.24, 2.45) is 5.92 Å². The first-order valence-corrected chi connectivity index (χ1v) is 8.64. The number of pyridine rings is 1. The maximum atomic E-state index is 13.4. The Morgan fingerprint density at radius 1 is 1.22 bits per heavy atom. The highest BCUT2D eigenvalue weighted by atomic mass is 19.1. The van der Waals surface area contributed by atoms with Gasteiger partial charge in [-0.2, -0.15) is 4.98 Å².